The van der Waals surface area contributed by atoms with Crippen molar-refractivity contribution in [2.45, 2.75) is 11.5 Å². The molecule has 0 aromatic heterocycles. The maximum atomic E-state index is 5.63. The van der Waals surface area contributed by atoms with Crippen LogP contribution in [0.4, 0.5) is 5.69 Å². The van der Waals surface area contributed by atoms with Gasteiger partial charge in [-0.05, 0) is 28.8 Å². The number of anilines is 1. The van der Waals surface area contributed by atoms with E-state index < -0.39 is 5.41 Å². The van der Waals surface area contributed by atoms with Crippen LogP contribution in [0.5, 0.6) is 0 Å². The molecule has 6 rings (SSSR count). The summed E-state index contributed by atoms with van der Waals surface area (Å²) in [6.45, 7) is 0.762. The first-order valence-corrected chi connectivity index (χ1v) is 12.5. The van der Waals surface area contributed by atoms with Crippen LogP contribution < -0.4 is 4.90 Å². The van der Waals surface area contributed by atoms with E-state index in [2.05, 4.69) is 157 Å². The second-order valence-electron chi connectivity index (χ2n) is 9.26. The second kappa shape index (κ2) is 9.67. The molecule has 0 fully saturated rings. The third-order valence-electron chi connectivity index (χ3n) is 7.17. The van der Waals surface area contributed by atoms with E-state index in [4.69, 9.17) is 4.99 Å². The summed E-state index contributed by atoms with van der Waals surface area (Å²) in [5.41, 5.74) is 5.62. The fraction of sp³-hybridized carbons (Fsp3) is 0.0882. The minimum absolute atomic E-state index is 0.0985. The molecule has 0 unspecified atom stereocenters. The van der Waals surface area contributed by atoms with Gasteiger partial charge in [0.2, 0.25) is 0 Å². The third-order valence-corrected chi connectivity index (χ3v) is 7.17. The lowest BCUT2D eigenvalue weighted by Gasteiger charge is -2.48. The Balaban J connectivity index is 1.68. The zero-order valence-corrected chi connectivity index (χ0v) is 20.1. The number of rotatable bonds is 5. The number of hydrogen-bond acceptors (Lipinski definition) is 2. The van der Waals surface area contributed by atoms with Gasteiger partial charge in [0.25, 0.3) is 0 Å². The van der Waals surface area contributed by atoms with Gasteiger partial charge in [-0.15, -0.1) is 0 Å². The van der Waals surface area contributed by atoms with Crippen molar-refractivity contribution in [1.29, 1.82) is 0 Å². The van der Waals surface area contributed by atoms with Crippen LogP contribution in [-0.2, 0) is 5.41 Å². The summed E-state index contributed by atoms with van der Waals surface area (Å²) in [5, 5.41) is 0. The Bertz CT molecular complexity index is 1390. The summed E-state index contributed by atoms with van der Waals surface area (Å²) >= 11 is 0. The first kappa shape index (κ1) is 22.1. The van der Waals surface area contributed by atoms with Crippen LogP contribution in [-0.4, -0.2) is 12.4 Å². The van der Waals surface area contributed by atoms with Gasteiger partial charge in [0.1, 0.15) is 5.84 Å². The SMILES string of the molecule is c1ccc(C2=N[C@@H](c3ccccc3)C(c3ccccc3)(c3ccccc3)CN2c2ccccc2)cc1. The monoisotopic (exact) mass is 464 g/mol. The van der Waals surface area contributed by atoms with Gasteiger partial charge in [-0.3, -0.25) is 4.99 Å². The highest BCUT2D eigenvalue weighted by Crippen LogP contribution is 2.49. The van der Waals surface area contributed by atoms with E-state index in [1.54, 1.807) is 0 Å². The Morgan fingerprint density at radius 2 is 0.972 bits per heavy atom. The van der Waals surface area contributed by atoms with Crippen LogP contribution in [0.1, 0.15) is 28.3 Å². The normalized spacial score (nSPS) is 16.8. The zero-order chi connectivity index (χ0) is 24.2. The Labute approximate surface area is 213 Å². The molecule has 0 radical (unpaired) electrons. The molecule has 174 valence electrons. The highest BCUT2D eigenvalue weighted by molar-refractivity contribution is 6.11. The number of para-hydroxylation sites is 1. The highest BCUT2D eigenvalue weighted by atomic mass is 15.2. The number of hydrogen-bond donors (Lipinski definition) is 0. The predicted octanol–water partition coefficient (Wildman–Crippen LogP) is 7.68. The van der Waals surface area contributed by atoms with Gasteiger partial charge in [-0.25, -0.2) is 0 Å². The van der Waals surface area contributed by atoms with Gasteiger partial charge in [0.15, 0.2) is 0 Å². The Hall–Kier alpha value is -4.43. The molecule has 1 aliphatic heterocycles. The van der Waals surface area contributed by atoms with Gasteiger partial charge in [-0.1, -0.05) is 140 Å². The molecule has 0 saturated carbocycles. The van der Waals surface area contributed by atoms with Gasteiger partial charge in [0.05, 0.1) is 11.5 Å². The molecule has 0 N–H and O–H groups in total. The molecule has 0 spiro atoms. The summed E-state index contributed by atoms with van der Waals surface area (Å²) in [5.74, 6) is 0.998. The molecule has 5 aromatic carbocycles. The maximum Gasteiger partial charge on any atom is 0.136 e. The van der Waals surface area contributed by atoms with Crippen molar-refractivity contribution in [3.63, 3.8) is 0 Å². The van der Waals surface area contributed by atoms with E-state index in [0.717, 1.165) is 23.6 Å². The summed E-state index contributed by atoms with van der Waals surface area (Å²) in [7, 11) is 0. The van der Waals surface area contributed by atoms with Gasteiger partial charge in [0, 0.05) is 17.8 Å². The van der Waals surface area contributed by atoms with Crippen molar-refractivity contribution < 1.29 is 0 Å². The maximum absolute atomic E-state index is 5.63. The zero-order valence-electron chi connectivity index (χ0n) is 20.1. The predicted molar refractivity (Wildman–Crippen MR) is 150 cm³/mol. The standard InChI is InChI=1S/C34H28N2/c1-6-16-27(17-7-1)32-34(29-20-10-3-11-21-29,30-22-12-4-13-23-30)26-36(31-24-14-5-15-25-31)33(35-32)28-18-8-2-9-19-28/h1-25,32H,26H2/t32-/m0/s1. The fourth-order valence-corrected chi connectivity index (χ4v) is 5.48. The van der Waals surface area contributed by atoms with Crippen LogP contribution in [0, 0.1) is 0 Å². The van der Waals surface area contributed by atoms with Gasteiger partial charge in [-0.2, -0.15) is 0 Å². The Morgan fingerprint density at radius 1 is 0.528 bits per heavy atom. The molecule has 1 atom stereocenters. The Morgan fingerprint density at radius 3 is 1.50 bits per heavy atom. The third kappa shape index (κ3) is 3.91. The van der Waals surface area contributed by atoms with Crippen LogP contribution in [0.3, 0.4) is 0 Å². The van der Waals surface area contributed by atoms with Crippen LogP contribution >= 0.6 is 0 Å². The molecule has 0 bridgehead atoms. The lowest BCUT2D eigenvalue weighted by molar-refractivity contribution is 0.412. The second-order valence-corrected chi connectivity index (χ2v) is 9.26. The highest BCUT2D eigenvalue weighted by Gasteiger charge is 2.48. The number of benzene rings is 5. The molecule has 0 amide bonds. The van der Waals surface area contributed by atoms with E-state index in [0.29, 0.717) is 0 Å². The van der Waals surface area contributed by atoms with E-state index in [1.807, 2.05) is 0 Å². The quantitative estimate of drug-likeness (QED) is 0.260. The Kier molecular flexibility index (Phi) is 5.93. The van der Waals surface area contributed by atoms with Crippen LogP contribution in [0.15, 0.2) is 157 Å². The first-order chi connectivity index (χ1) is 17.9. The molecular weight excluding hydrogens is 436 g/mol. The first-order valence-electron chi connectivity index (χ1n) is 12.5. The van der Waals surface area contributed by atoms with Crippen molar-refractivity contribution in [2.24, 2.45) is 4.99 Å². The van der Waals surface area contributed by atoms with Crippen LogP contribution in [0.25, 0.3) is 0 Å². The smallest absolute Gasteiger partial charge is 0.136 e. The summed E-state index contributed by atoms with van der Waals surface area (Å²) in [6, 6.07) is 53.7. The van der Waals surface area contributed by atoms with Gasteiger partial charge < -0.3 is 4.90 Å². The molecular formula is C34H28N2. The lowest BCUT2D eigenvalue weighted by Crippen LogP contribution is -2.52. The summed E-state index contributed by atoms with van der Waals surface area (Å²) in [4.78, 5) is 8.03. The van der Waals surface area contributed by atoms with E-state index >= 15 is 0 Å². The molecule has 0 aliphatic carbocycles. The molecule has 5 aromatic rings. The van der Waals surface area contributed by atoms with Crippen molar-refractivity contribution in [2.75, 3.05) is 11.4 Å². The van der Waals surface area contributed by atoms with Crippen molar-refractivity contribution in [3.05, 3.63) is 174 Å². The van der Waals surface area contributed by atoms with Gasteiger partial charge >= 0.3 is 0 Å². The van der Waals surface area contributed by atoms with Crippen molar-refractivity contribution in [3.8, 4) is 0 Å². The molecule has 2 heteroatoms. The average Bonchev–Trinajstić information content (AvgIpc) is 2.99. The topological polar surface area (TPSA) is 15.6 Å². The number of nitrogens with zero attached hydrogens (tertiary/aromatic N) is 2. The molecule has 36 heavy (non-hydrogen) atoms. The van der Waals surface area contributed by atoms with Crippen molar-refractivity contribution >= 4 is 11.5 Å². The fourth-order valence-electron chi connectivity index (χ4n) is 5.48. The summed E-state index contributed by atoms with van der Waals surface area (Å²) < 4.78 is 0. The molecule has 2 nitrogen and oxygen atoms in total. The minimum Gasteiger partial charge on any atom is -0.325 e. The largest absolute Gasteiger partial charge is 0.325 e. The molecule has 1 aliphatic rings. The average molecular weight is 465 g/mol. The van der Waals surface area contributed by atoms with E-state index in [-0.39, 0.29) is 6.04 Å². The minimum atomic E-state index is -0.391. The molecule has 0 saturated heterocycles. The number of amidine groups is 1. The molecule has 1 heterocycles. The van der Waals surface area contributed by atoms with E-state index in [1.165, 1.54) is 16.7 Å². The van der Waals surface area contributed by atoms with Crippen LogP contribution in [0.2, 0.25) is 0 Å². The van der Waals surface area contributed by atoms with E-state index in [9.17, 15) is 0 Å². The lowest BCUT2D eigenvalue weighted by atomic mass is 9.66. The summed E-state index contributed by atoms with van der Waals surface area (Å²) in [6.07, 6.45) is 0. The number of aliphatic imine (C=N–C) groups is 1. The van der Waals surface area contributed by atoms with Crippen molar-refractivity contribution in [1.82, 2.24) is 0 Å².